The second kappa shape index (κ2) is 12.8. The van der Waals surface area contributed by atoms with E-state index in [1.54, 1.807) is 16.4 Å². The van der Waals surface area contributed by atoms with E-state index in [1.165, 1.54) is 0 Å². The number of tetrazole rings is 1. The molecule has 1 aromatic heterocycles. The molecule has 0 spiro atoms. The first-order chi connectivity index (χ1) is 14.2. The zero-order chi connectivity index (χ0) is 20.5. The number of nitrogens with one attached hydrogen (secondary N) is 1. The standard InChI is InChI=1S/C20H24BrN5O2S.ClH/c1-3-27-18-12-16(13-22-9-10-29-20-23-24-25-26(20)2)11-17(21)19(18)28-14-15-7-5-4-6-8-15;/h4-8,11-12,22H,3,9-10,13-14H2,1-2H3;1H. The van der Waals surface area contributed by atoms with Crippen LogP contribution in [0.25, 0.3) is 0 Å². The Morgan fingerprint density at radius 2 is 1.93 bits per heavy atom. The molecule has 30 heavy (non-hydrogen) atoms. The molecule has 3 aromatic rings. The van der Waals surface area contributed by atoms with Gasteiger partial charge in [-0.25, -0.2) is 4.68 Å². The van der Waals surface area contributed by atoms with Crippen molar-refractivity contribution in [3.8, 4) is 11.5 Å². The lowest BCUT2D eigenvalue weighted by Gasteiger charge is -2.16. The highest BCUT2D eigenvalue weighted by atomic mass is 79.9. The second-order valence-electron chi connectivity index (χ2n) is 6.22. The van der Waals surface area contributed by atoms with E-state index in [-0.39, 0.29) is 12.4 Å². The molecule has 7 nitrogen and oxygen atoms in total. The summed E-state index contributed by atoms with van der Waals surface area (Å²) in [6, 6.07) is 14.2. The molecule has 0 bridgehead atoms. The summed E-state index contributed by atoms with van der Waals surface area (Å²) >= 11 is 5.26. The number of benzene rings is 2. The van der Waals surface area contributed by atoms with Crippen molar-refractivity contribution in [3.05, 3.63) is 58.1 Å². The van der Waals surface area contributed by atoms with Crippen LogP contribution in [0.15, 0.2) is 52.1 Å². The summed E-state index contributed by atoms with van der Waals surface area (Å²) in [5.41, 5.74) is 2.24. The molecular weight excluding hydrogens is 490 g/mol. The molecule has 0 saturated carbocycles. The molecule has 0 fully saturated rings. The first-order valence-corrected chi connectivity index (χ1v) is 11.1. The van der Waals surface area contributed by atoms with E-state index in [9.17, 15) is 0 Å². The number of aryl methyl sites for hydroxylation is 1. The van der Waals surface area contributed by atoms with Crippen LogP contribution in [0.5, 0.6) is 11.5 Å². The van der Waals surface area contributed by atoms with Crippen molar-refractivity contribution in [2.24, 2.45) is 7.05 Å². The van der Waals surface area contributed by atoms with E-state index in [1.807, 2.05) is 50.4 Å². The molecule has 0 unspecified atom stereocenters. The lowest BCUT2D eigenvalue weighted by Crippen LogP contribution is -2.17. The Bertz CT molecular complexity index is 913. The van der Waals surface area contributed by atoms with Crippen LogP contribution in [0, 0.1) is 0 Å². The van der Waals surface area contributed by atoms with E-state index in [0.29, 0.717) is 13.2 Å². The summed E-state index contributed by atoms with van der Waals surface area (Å²) < 4.78 is 14.4. The van der Waals surface area contributed by atoms with Crippen LogP contribution in [0.3, 0.4) is 0 Å². The van der Waals surface area contributed by atoms with Gasteiger partial charge in [0, 0.05) is 25.9 Å². The Hall–Kier alpha value is -1.81. The quantitative estimate of drug-likeness (QED) is 0.303. The predicted molar refractivity (Wildman–Crippen MR) is 125 cm³/mol. The van der Waals surface area contributed by atoms with Gasteiger partial charge in [-0.2, -0.15) is 0 Å². The van der Waals surface area contributed by atoms with Crippen LogP contribution in [-0.2, 0) is 20.2 Å². The highest BCUT2D eigenvalue weighted by Gasteiger charge is 2.13. The number of nitrogens with zero attached hydrogens (tertiary/aromatic N) is 4. The van der Waals surface area contributed by atoms with Crippen molar-refractivity contribution in [3.63, 3.8) is 0 Å². The Labute approximate surface area is 195 Å². The average molecular weight is 515 g/mol. The third-order valence-corrected chi connectivity index (χ3v) is 5.62. The molecule has 2 aromatic carbocycles. The summed E-state index contributed by atoms with van der Waals surface area (Å²) in [4.78, 5) is 0. The Balaban J connectivity index is 0.00000320. The topological polar surface area (TPSA) is 74.1 Å². The van der Waals surface area contributed by atoms with E-state index < -0.39 is 0 Å². The molecule has 0 aliphatic carbocycles. The molecule has 0 atom stereocenters. The molecule has 162 valence electrons. The monoisotopic (exact) mass is 513 g/mol. The minimum Gasteiger partial charge on any atom is -0.490 e. The van der Waals surface area contributed by atoms with Gasteiger partial charge in [0.15, 0.2) is 11.5 Å². The van der Waals surface area contributed by atoms with Crippen molar-refractivity contribution >= 4 is 40.1 Å². The predicted octanol–water partition coefficient (Wildman–Crippen LogP) is 4.25. The molecule has 3 rings (SSSR count). The lowest BCUT2D eigenvalue weighted by molar-refractivity contribution is 0.267. The number of hydrogen-bond donors (Lipinski definition) is 1. The van der Waals surface area contributed by atoms with E-state index in [0.717, 1.165) is 51.1 Å². The normalized spacial score (nSPS) is 10.5. The van der Waals surface area contributed by atoms with Gasteiger partial charge in [-0.1, -0.05) is 42.1 Å². The van der Waals surface area contributed by atoms with Gasteiger partial charge < -0.3 is 14.8 Å². The first kappa shape index (κ1) is 24.5. The van der Waals surface area contributed by atoms with Crippen LogP contribution in [0.2, 0.25) is 0 Å². The van der Waals surface area contributed by atoms with Gasteiger partial charge in [-0.3, -0.25) is 0 Å². The summed E-state index contributed by atoms with van der Waals surface area (Å²) in [5.74, 6) is 2.35. The van der Waals surface area contributed by atoms with Gasteiger partial charge >= 0.3 is 0 Å². The van der Waals surface area contributed by atoms with Gasteiger partial charge in [0.25, 0.3) is 0 Å². The van der Waals surface area contributed by atoms with Crippen molar-refractivity contribution in [2.45, 2.75) is 25.2 Å². The largest absolute Gasteiger partial charge is 0.490 e. The molecule has 0 radical (unpaired) electrons. The fourth-order valence-corrected chi connectivity index (χ4v) is 4.00. The SMILES string of the molecule is CCOc1cc(CNCCSc2nnnn2C)cc(Br)c1OCc1ccccc1.Cl. The number of rotatable bonds is 11. The van der Waals surface area contributed by atoms with Crippen molar-refractivity contribution < 1.29 is 9.47 Å². The van der Waals surface area contributed by atoms with Crippen LogP contribution < -0.4 is 14.8 Å². The zero-order valence-electron chi connectivity index (χ0n) is 16.9. The molecule has 0 aliphatic rings. The fourth-order valence-electron chi connectivity index (χ4n) is 2.65. The molecule has 1 N–H and O–H groups in total. The van der Waals surface area contributed by atoms with Crippen molar-refractivity contribution in [1.29, 1.82) is 0 Å². The van der Waals surface area contributed by atoms with Gasteiger partial charge in [0.2, 0.25) is 5.16 Å². The molecule has 0 aliphatic heterocycles. The second-order valence-corrected chi connectivity index (χ2v) is 8.14. The zero-order valence-corrected chi connectivity index (χ0v) is 20.1. The summed E-state index contributed by atoms with van der Waals surface area (Å²) in [5, 5.41) is 15.7. The third-order valence-electron chi connectivity index (χ3n) is 4.02. The Kier molecular flexibility index (Phi) is 10.4. The number of aromatic nitrogens is 4. The van der Waals surface area contributed by atoms with E-state index >= 15 is 0 Å². The maximum absolute atomic E-state index is 6.04. The van der Waals surface area contributed by atoms with Gasteiger partial charge in [0.1, 0.15) is 6.61 Å². The first-order valence-electron chi connectivity index (χ1n) is 9.35. The molecule has 1 heterocycles. The molecular formula is C20H25BrClN5O2S. The number of ether oxygens (including phenoxy) is 2. The number of hydrogen-bond acceptors (Lipinski definition) is 7. The molecule has 0 amide bonds. The minimum atomic E-state index is 0. The van der Waals surface area contributed by atoms with E-state index in [4.69, 9.17) is 9.47 Å². The van der Waals surface area contributed by atoms with Crippen LogP contribution in [0.1, 0.15) is 18.1 Å². The summed E-state index contributed by atoms with van der Waals surface area (Å²) in [6.07, 6.45) is 0. The van der Waals surface area contributed by atoms with Gasteiger partial charge in [0.05, 0.1) is 11.1 Å². The van der Waals surface area contributed by atoms with Crippen LogP contribution in [0.4, 0.5) is 0 Å². The Morgan fingerprint density at radius 1 is 1.13 bits per heavy atom. The average Bonchev–Trinajstić information content (AvgIpc) is 3.13. The molecule has 10 heteroatoms. The lowest BCUT2D eigenvalue weighted by atomic mass is 10.2. The smallest absolute Gasteiger partial charge is 0.209 e. The van der Waals surface area contributed by atoms with Crippen LogP contribution >= 0.6 is 40.1 Å². The van der Waals surface area contributed by atoms with Crippen LogP contribution in [-0.4, -0.2) is 39.1 Å². The fraction of sp³-hybridized carbons (Fsp3) is 0.350. The maximum Gasteiger partial charge on any atom is 0.209 e. The highest BCUT2D eigenvalue weighted by Crippen LogP contribution is 2.37. The maximum atomic E-state index is 6.04. The molecule has 0 saturated heterocycles. The highest BCUT2D eigenvalue weighted by molar-refractivity contribution is 9.10. The minimum absolute atomic E-state index is 0. The van der Waals surface area contributed by atoms with Crippen molar-refractivity contribution in [1.82, 2.24) is 25.5 Å². The van der Waals surface area contributed by atoms with Crippen molar-refractivity contribution in [2.75, 3.05) is 18.9 Å². The summed E-state index contributed by atoms with van der Waals surface area (Å²) in [6.45, 7) is 4.61. The summed E-state index contributed by atoms with van der Waals surface area (Å²) in [7, 11) is 1.84. The third kappa shape index (κ3) is 7.16. The number of thioether (sulfide) groups is 1. The van der Waals surface area contributed by atoms with Gasteiger partial charge in [-0.05, 0) is 56.5 Å². The van der Waals surface area contributed by atoms with E-state index in [2.05, 4.69) is 42.8 Å². The Morgan fingerprint density at radius 3 is 2.63 bits per heavy atom. The number of halogens is 2. The van der Waals surface area contributed by atoms with Gasteiger partial charge in [-0.15, -0.1) is 17.5 Å².